The molecule has 2 nitrogen and oxygen atoms in total. The van der Waals surface area contributed by atoms with Gasteiger partial charge in [0.1, 0.15) is 5.75 Å². The first-order valence-electron chi connectivity index (χ1n) is 7.33. The summed E-state index contributed by atoms with van der Waals surface area (Å²) in [6, 6.07) is 8.27. The molecule has 2 N–H and O–H groups in total. The van der Waals surface area contributed by atoms with Crippen molar-refractivity contribution in [2.45, 2.75) is 53.5 Å². The van der Waals surface area contributed by atoms with Crippen LogP contribution in [0.15, 0.2) is 24.3 Å². The van der Waals surface area contributed by atoms with Gasteiger partial charge in [-0.05, 0) is 35.4 Å². The lowest BCUT2D eigenvalue weighted by Gasteiger charge is -2.27. The van der Waals surface area contributed by atoms with Crippen LogP contribution in [0.2, 0.25) is 0 Å². The van der Waals surface area contributed by atoms with Crippen LogP contribution in [0.1, 0.15) is 59.1 Å². The first kappa shape index (κ1) is 16.0. The number of rotatable bonds is 6. The molecule has 0 fully saturated rings. The smallest absolute Gasteiger partial charge is 0.119 e. The van der Waals surface area contributed by atoms with Crippen molar-refractivity contribution >= 4 is 0 Å². The lowest BCUT2D eigenvalue weighted by Crippen LogP contribution is -2.26. The van der Waals surface area contributed by atoms with Gasteiger partial charge in [0, 0.05) is 6.04 Å². The molecule has 0 aromatic heterocycles. The zero-order valence-electron chi connectivity index (χ0n) is 13.1. The molecule has 1 aromatic rings. The van der Waals surface area contributed by atoms with Crippen LogP contribution in [-0.2, 0) is 0 Å². The van der Waals surface area contributed by atoms with Gasteiger partial charge in [-0.1, -0.05) is 53.2 Å². The van der Waals surface area contributed by atoms with E-state index in [0.29, 0.717) is 5.92 Å². The van der Waals surface area contributed by atoms with Crippen LogP contribution in [0.4, 0.5) is 0 Å². The van der Waals surface area contributed by atoms with E-state index in [-0.39, 0.29) is 11.5 Å². The highest BCUT2D eigenvalue weighted by Gasteiger charge is 2.21. The van der Waals surface area contributed by atoms with Crippen LogP contribution >= 0.6 is 0 Å². The summed E-state index contributed by atoms with van der Waals surface area (Å²) in [6.45, 7) is 11.7. The molecular formula is C17H29NO. The number of nitrogens with two attached hydrogens (primary N) is 1. The van der Waals surface area contributed by atoms with Crippen molar-refractivity contribution in [3.63, 3.8) is 0 Å². The summed E-state index contributed by atoms with van der Waals surface area (Å²) in [5, 5.41) is 0. The monoisotopic (exact) mass is 263 g/mol. The minimum Gasteiger partial charge on any atom is -0.493 e. The Bertz CT molecular complexity index is 364. The van der Waals surface area contributed by atoms with Crippen LogP contribution in [-0.4, -0.2) is 6.61 Å². The SMILES string of the molecule is CCCC(C)COc1ccc(C(N)C(C)(C)C)cc1. The van der Waals surface area contributed by atoms with Crippen LogP contribution in [0.3, 0.4) is 0 Å². The lowest BCUT2D eigenvalue weighted by atomic mass is 9.83. The van der Waals surface area contributed by atoms with Crippen molar-refractivity contribution in [2.75, 3.05) is 6.61 Å². The summed E-state index contributed by atoms with van der Waals surface area (Å²) < 4.78 is 5.80. The fraction of sp³-hybridized carbons (Fsp3) is 0.647. The molecule has 0 aliphatic carbocycles. The molecule has 0 radical (unpaired) electrons. The highest BCUT2D eigenvalue weighted by atomic mass is 16.5. The van der Waals surface area contributed by atoms with Crippen molar-refractivity contribution in [2.24, 2.45) is 17.1 Å². The summed E-state index contributed by atoms with van der Waals surface area (Å²) in [4.78, 5) is 0. The molecule has 108 valence electrons. The van der Waals surface area contributed by atoms with Crippen LogP contribution in [0.5, 0.6) is 5.75 Å². The quantitative estimate of drug-likeness (QED) is 0.817. The van der Waals surface area contributed by atoms with Crippen LogP contribution in [0, 0.1) is 11.3 Å². The average molecular weight is 263 g/mol. The Hall–Kier alpha value is -1.02. The van der Waals surface area contributed by atoms with Gasteiger partial charge in [-0.25, -0.2) is 0 Å². The Labute approximate surface area is 118 Å². The summed E-state index contributed by atoms with van der Waals surface area (Å²) in [7, 11) is 0. The van der Waals surface area contributed by atoms with E-state index in [0.717, 1.165) is 12.4 Å². The largest absolute Gasteiger partial charge is 0.493 e. The highest BCUT2D eigenvalue weighted by Crippen LogP contribution is 2.31. The second-order valence-electron chi connectivity index (χ2n) is 6.62. The average Bonchev–Trinajstić information content (AvgIpc) is 2.35. The third kappa shape index (κ3) is 5.23. The number of benzene rings is 1. The molecule has 0 aliphatic rings. The van der Waals surface area contributed by atoms with Gasteiger partial charge < -0.3 is 10.5 Å². The van der Waals surface area contributed by atoms with Crippen molar-refractivity contribution < 1.29 is 4.74 Å². The van der Waals surface area contributed by atoms with E-state index in [1.54, 1.807) is 0 Å². The fourth-order valence-electron chi connectivity index (χ4n) is 2.09. The van der Waals surface area contributed by atoms with E-state index in [1.165, 1.54) is 18.4 Å². The van der Waals surface area contributed by atoms with Crippen molar-refractivity contribution in [1.82, 2.24) is 0 Å². The number of ether oxygens (including phenoxy) is 1. The lowest BCUT2D eigenvalue weighted by molar-refractivity contribution is 0.251. The molecule has 0 aliphatic heterocycles. The Kier molecular flexibility index (Phi) is 5.86. The van der Waals surface area contributed by atoms with E-state index in [4.69, 9.17) is 10.5 Å². The molecule has 0 spiro atoms. The van der Waals surface area contributed by atoms with Crippen molar-refractivity contribution in [3.05, 3.63) is 29.8 Å². The van der Waals surface area contributed by atoms with Gasteiger partial charge >= 0.3 is 0 Å². The molecule has 1 rings (SSSR count). The van der Waals surface area contributed by atoms with Gasteiger partial charge in [-0.3, -0.25) is 0 Å². The van der Waals surface area contributed by atoms with Gasteiger partial charge in [-0.15, -0.1) is 0 Å². The molecule has 0 bridgehead atoms. The molecule has 0 heterocycles. The van der Waals surface area contributed by atoms with E-state index in [2.05, 4.69) is 46.8 Å². The highest BCUT2D eigenvalue weighted by molar-refractivity contribution is 5.29. The second-order valence-corrected chi connectivity index (χ2v) is 6.62. The maximum absolute atomic E-state index is 6.24. The zero-order chi connectivity index (χ0) is 14.5. The van der Waals surface area contributed by atoms with Crippen LogP contribution < -0.4 is 10.5 Å². The Morgan fingerprint density at radius 2 is 1.74 bits per heavy atom. The summed E-state index contributed by atoms with van der Waals surface area (Å²) in [5.41, 5.74) is 7.49. The third-order valence-corrected chi connectivity index (χ3v) is 3.49. The molecular weight excluding hydrogens is 234 g/mol. The van der Waals surface area contributed by atoms with E-state index >= 15 is 0 Å². The topological polar surface area (TPSA) is 35.2 Å². The van der Waals surface area contributed by atoms with E-state index in [9.17, 15) is 0 Å². The first-order valence-corrected chi connectivity index (χ1v) is 7.33. The fourth-order valence-corrected chi connectivity index (χ4v) is 2.09. The maximum Gasteiger partial charge on any atom is 0.119 e. The number of hydrogen-bond donors (Lipinski definition) is 1. The molecule has 2 atom stereocenters. The molecule has 2 heteroatoms. The normalized spacial score (nSPS) is 15.1. The summed E-state index contributed by atoms with van der Waals surface area (Å²) in [6.07, 6.45) is 2.43. The van der Waals surface area contributed by atoms with Gasteiger partial charge in [-0.2, -0.15) is 0 Å². The molecule has 0 saturated carbocycles. The van der Waals surface area contributed by atoms with Gasteiger partial charge in [0.25, 0.3) is 0 Å². The summed E-state index contributed by atoms with van der Waals surface area (Å²) in [5.74, 6) is 1.55. The predicted octanol–water partition coefficient (Wildman–Crippen LogP) is 4.55. The minimum absolute atomic E-state index is 0.0561. The van der Waals surface area contributed by atoms with E-state index < -0.39 is 0 Å². The molecule has 2 unspecified atom stereocenters. The Balaban J connectivity index is 2.57. The van der Waals surface area contributed by atoms with Gasteiger partial charge in [0.05, 0.1) is 6.61 Å². The first-order chi connectivity index (χ1) is 8.84. The van der Waals surface area contributed by atoms with E-state index in [1.807, 2.05) is 12.1 Å². The van der Waals surface area contributed by atoms with Crippen molar-refractivity contribution in [3.8, 4) is 5.75 Å². The molecule has 19 heavy (non-hydrogen) atoms. The maximum atomic E-state index is 6.24. The molecule has 0 saturated heterocycles. The Morgan fingerprint density at radius 3 is 2.21 bits per heavy atom. The second kappa shape index (κ2) is 6.95. The predicted molar refractivity (Wildman–Crippen MR) is 82.4 cm³/mol. The van der Waals surface area contributed by atoms with Gasteiger partial charge in [0.2, 0.25) is 0 Å². The number of hydrogen-bond acceptors (Lipinski definition) is 2. The molecule has 1 aromatic carbocycles. The van der Waals surface area contributed by atoms with Crippen molar-refractivity contribution in [1.29, 1.82) is 0 Å². The summed E-state index contributed by atoms with van der Waals surface area (Å²) >= 11 is 0. The standard InChI is InChI=1S/C17H29NO/c1-6-7-13(2)12-19-15-10-8-14(9-11-15)16(18)17(3,4)5/h8-11,13,16H,6-7,12,18H2,1-5H3. The minimum atomic E-state index is 0.0561. The third-order valence-electron chi connectivity index (χ3n) is 3.49. The molecule has 0 amide bonds. The van der Waals surface area contributed by atoms with Crippen LogP contribution in [0.25, 0.3) is 0 Å². The van der Waals surface area contributed by atoms with Gasteiger partial charge in [0.15, 0.2) is 0 Å². The Morgan fingerprint density at radius 1 is 1.16 bits per heavy atom. The zero-order valence-corrected chi connectivity index (χ0v) is 13.1.